The van der Waals surface area contributed by atoms with Crippen molar-refractivity contribution in [3.05, 3.63) is 69.7 Å². The maximum absolute atomic E-state index is 14.4. The number of aryl methyl sites for hydroxylation is 2. The molecule has 4 rings (SSSR count). The van der Waals surface area contributed by atoms with Gasteiger partial charge in [-0.15, -0.1) is 0 Å². The Balaban J connectivity index is 1.77. The van der Waals surface area contributed by atoms with Crippen molar-refractivity contribution >= 4 is 38.3 Å². The summed E-state index contributed by atoms with van der Waals surface area (Å²) in [5.41, 5.74) is 2.43. The summed E-state index contributed by atoms with van der Waals surface area (Å²) in [6.45, 7) is 3.60. The van der Waals surface area contributed by atoms with Crippen LogP contribution in [0.1, 0.15) is 33.7 Å². The molecule has 1 aromatic heterocycles. The van der Waals surface area contributed by atoms with E-state index in [-0.39, 0.29) is 34.4 Å². The molecule has 0 saturated carbocycles. The number of amides is 1. The second-order valence-electron chi connectivity index (χ2n) is 7.75. The van der Waals surface area contributed by atoms with Gasteiger partial charge in [-0.25, -0.2) is 12.8 Å². The summed E-state index contributed by atoms with van der Waals surface area (Å²) < 4.78 is 44.4. The lowest BCUT2D eigenvalue weighted by Crippen LogP contribution is -2.41. The van der Waals surface area contributed by atoms with E-state index >= 15 is 0 Å². The van der Waals surface area contributed by atoms with Gasteiger partial charge in [0.15, 0.2) is 15.6 Å². The lowest BCUT2D eigenvalue weighted by atomic mass is 10.1. The van der Waals surface area contributed by atoms with Crippen LogP contribution in [0.5, 0.6) is 0 Å². The number of hydrogen-bond acceptors (Lipinski definition) is 4. The minimum absolute atomic E-state index is 0.00917. The monoisotopic (exact) mass is 449 g/mol. The van der Waals surface area contributed by atoms with Gasteiger partial charge in [-0.2, -0.15) is 0 Å². The number of hydrogen-bond donors (Lipinski definition) is 0. The smallest absolute Gasteiger partial charge is 0.290 e. The van der Waals surface area contributed by atoms with Gasteiger partial charge in [-0.1, -0.05) is 29.3 Å². The summed E-state index contributed by atoms with van der Waals surface area (Å²) >= 11 is 6.18. The number of rotatable bonds is 4. The maximum atomic E-state index is 14.4. The largest absolute Gasteiger partial charge is 0.451 e. The third-order valence-corrected chi connectivity index (χ3v) is 7.69. The third kappa shape index (κ3) is 3.84. The molecule has 1 atom stereocenters. The van der Waals surface area contributed by atoms with Crippen molar-refractivity contribution in [1.82, 2.24) is 4.90 Å². The SMILES string of the molecule is Cc1ccc2oc(C(=O)N(Cc3c(F)cccc3Cl)[C@@H]3CCS(=O)(=O)C3)c(C)c2c1. The number of sulfone groups is 1. The Hall–Kier alpha value is -2.38. The molecule has 1 amide bonds. The van der Waals surface area contributed by atoms with Gasteiger partial charge < -0.3 is 9.32 Å². The highest BCUT2D eigenvalue weighted by Gasteiger charge is 2.37. The first-order chi connectivity index (χ1) is 14.2. The molecular weight excluding hydrogens is 429 g/mol. The number of halogens is 2. The van der Waals surface area contributed by atoms with Crippen LogP contribution in [-0.2, 0) is 16.4 Å². The van der Waals surface area contributed by atoms with E-state index < -0.39 is 27.6 Å². The minimum atomic E-state index is -3.26. The highest BCUT2D eigenvalue weighted by atomic mass is 35.5. The van der Waals surface area contributed by atoms with Crippen LogP contribution in [0.25, 0.3) is 11.0 Å². The second kappa shape index (κ2) is 7.71. The van der Waals surface area contributed by atoms with Crippen molar-refractivity contribution < 1.29 is 22.0 Å². The Morgan fingerprint density at radius 3 is 2.70 bits per heavy atom. The minimum Gasteiger partial charge on any atom is -0.451 e. The van der Waals surface area contributed by atoms with Crippen LogP contribution in [0.3, 0.4) is 0 Å². The number of carbonyl (C=O) groups excluding carboxylic acids is 1. The zero-order valence-electron chi connectivity index (χ0n) is 16.6. The van der Waals surface area contributed by atoms with Crippen LogP contribution in [0.4, 0.5) is 4.39 Å². The van der Waals surface area contributed by atoms with Gasteiger partial charge in [0.2, 0.25) is 0 Å². The van der Waals surface area contributed by atoms with Crippen molar-refractivity contribution in [3.8, 4) is 0 Å². The van der Waals surface area contributed by atoms with E-state index in [0.717, 1.165) is 10.9 Å². The van der Waals surface area contributed by atoms with Gasteiger partial charge in [0.1, 0.15) is 11.4 Å². The molecule has 5 nitrogen and oxygen atoms in total. The molecule has 2 aromatic carbocycles. The first kappa shape index (κ1) is 20.9. The quantitative estimate of drug-likeness (QED) is 0.580. The molecule has 1 aliphatic heterocycles. The van der Waals surface area contributed by atoms with E-state index in [1.54, 1.807) is 19.1 Å². The van der Waals surface area contributed by atoms with E-state index in [1.165, 1.54) is 17.0 Å². The number of fused-ring (bicyclic) bond motifs is 1. The predicted octanol–water partition coefficient (Wildman–Crippen LogP) is 4.67. The molecule has 30 heavy (non-hydrogen) atoms. The van der Waals surface area contributed by atoms with Crippen LogP contribution in [0, 0.1) is 19.7 Å². The van der Waals surface area contributed by atoms with Crippen molar-refractivity contribution in [3.63, 3.8) is 0 Å². The Morgan fingerprint density at radius 1 is 1.27 bits per heavy atom. The molecule has 2 heterocycles. The van der Waals surface area contributed by atoms with Crippen LogP contribution >= 0.6 is 11.6 Å². The average molecular weight is 450 g/mol. The average Bonchev–Trinajstić information content (AvgIpc) is 3.20. The number of carbonyl (C=O) groups is 1. The Bertz CT molecular complexity index is 1230. The summed E-state index contributed by atoms with van der Waals surface area (Å²) in [4.78, 5) is 14.9. The van der Waals surface area contributed by atoms with Gasteiger partial charge in [-0.05, 0) is 44.5 Å². The van der Waals surface area contributed by atoms with E-state index in [0.29, 0.717) is 17.6 Å². The number of nitrogens with zero attached hydrogens (tertiary/aromatic N) is 1. The molecule has 1 saturated heterocycles. The van der Waals surface area contributed by atoms with E-state index in [4.69, 9.17) is 16.0 Å². The molecule has 0 N–H and O–H groups in total. The molecule has 0 bridgehead atoms. The second-order valence-corrected chi connectivity index (χ2v) is 10.4. The van der Waals surface area contributed by atoms with Gasteiger partial charge in [0.25, 0.3) is 5.91 Å². The number of benzene rings is 2. The van der Waals surface area contributed by atoms with Crippen molar-refractivity contribution in [1.29, 1.82) is 0 Å². The summed E-state index contributed by atoms with van der Waals surface area (Å²) in [6, 6.07) is 9.34. The molecule has 3 aromatic rings. The van der Waals surface area contributed by atoms with Crippen LogP contribution in [-0.4, -0.2) is 36.8 Å². The molecule has 0 unspecified atom stereocenters. The Labute approximate surface area is 179 Å². The highest BCUT2D eigenvalue weighted by molar-refractivity contribution is 7.91. The first-order valence-electron chi connectivity index (χ1n) is 9.60. The lowest BCUT2D eigenvalue weighted by molar-refractivity contribution is 0.0647. The molecule has 158 valence electrons. The van der Waals surface area contributed by atoms with Gasteiger partial charge in [0, 0.05) is 27.6 Å². The normalized spacial score (nSPS) is 18.1. The van der Waals surface area contributed by atoms with Crippen LogP contribution in [0.15, 0.2) is 40.8 Å². The van der Waals surface area contributed by atoms with Gasteiger partial charge >= 0.3 is 0 Å². The van der Waals surface area contributed by atoms with Crippen molar-refractivity contribution in [2.75, 3.05) is 11.5 Å². The zero-order chi connectivity index (χ0) is 21.6. The van der Waals surface area contributed by atoms with Gasteiger partial charge in [-0.3, -0.25) is 4.79 Å². The Morgan fingerprint density at radius 2 is 2.03 bits per heavy atom. The zero-order valence-corrected chi connectivity index (χ0v) is 18.2. The fourth-order valence-electron chi connectivity index (χ4n) is 3.91. The van der Waals surface area contributed by atoms with E-state index in [9.17, 15) is 17.6 Å². The van der Waals surface area contributed by atoms with E-state index in [1.807, 2.05) is 19.1 Å². The van der Waals surface area contributed by atoms with Crippen LogP contribution in [0.2, 0.25) is 5.02 Å². The predicted molar refractivity (Wildman–Crippen MR) is 114 cm³/mol. The summed E-state index contributed by atoms with van der Waals surface area (Å²) in [6.07, 6.45) is 0.290. The topological polar surface area (TPSA) is 67.6 Å². The molecule has 8 heteroatoms. The Kier molecular flexibility index (Phi) is 5.36. The van der Waals surface area contributed by atoms with Crippen molar-refractivity contribution in [2.24, 2.45) is 0 Å². The fourth-order valence-corrected chi connectivity index (χ4v) is 5.86. The standard InChI is InChI=1S/C22H21ClFNO4S/c1-13-6-7-20-16(10-13)14(2)21(29-20)22(26)25(15-8-9-30(27,28)12-15)11-17-18(23)4-3-5-19(17)24/h3-7,10,15H,8-9,11-12H2,1-2H3/t15-/m1/s1. The molecule has 1 aliphatic rings. The summed E-state index contributed by atoms with van der Waals surface area (Å²) in [7, 11) is -3.26. The van der Waals surface area contributed by atoms with E-state index in [2.05, 4.69) is 0 Å². The molecule has 0 spiro atoms. The van der Waals surface area contributed by atoms with Crippen molar-refractivity contribution in [2.45, 2.75) is 32.9 Å². The maximum Gasteiger partial charge on any atom is 0.290 e. The van der Waals surface area contributed by atoms with Gasteiger partial charge in [0.05, 0.1) is 18.1 Å². The summed E-state index contributed by atoms with van der Waals surface area (Å²) in [5, 5.41) is 1.01. The molecular formula is C22H21ClFNO4S. The number of furan rings is 1. The fraction of sp³-hybridized carbons (Fsp3) is 0.318. The van der Waals surface area contributed by atoms with Crippen LogP contribution < -0.4 is 0 Å². The lowest BCUT2D eigenvalue weighted by Gasteiger charge is -2.28. The summed E-state index contributed by atoms with van der Waals surface area (Å²) in [5.74, 6) is -1.05. The molecule has 1 fully saturated rings. The molecule has 0 radical (unpaired) electrons. The highest BCUT2D eigenvalue weighted by Crippen LogP contribution is 2.31. The first-order valence-corrected chi connectivity index (χ1v) is 11.8. The third-order valence-electron chi connectivity index (χ3n) is 5.59. The molecule has 0 aliphatic carbocycles.